The minimum absolute atomic E-state index is 0.0517. The number of nitrogens with one attached hydrogen (secondary N) is 2. The third-order valence-electron chi connectivity index (χ3n) is 2.51. The van der Waals surface area contributed by atoms with Crippen LogP contribution in [0.25, 0.3) is 0 Å². The highest BCUT2D eigenvalue weighted by Crippen LogP contribution is 2.27. The number of phenolic OH excluding ortho intramolecular Hbond substituents is 1. The van der Waals surface area contributed by atoms with Gasteiger partial charge in [-0.3, -0.25) is 5.10 Å². The van der Waals surface area contributed by atoms with Crippen LogP contribution in [0.5, 0.6) is 5.75 Å². The van der Waals surface area contributed by atoms with E-state index in [-0.39, 0.29) is 11.8 Å². The predicted molar refractivity (Wildman–Crippen MR) is 67.4 cm³/mol. The lowest BCUT2D eigenvalue weighted by Crippen LogP contribution is -2.19. The number of aromatic nitrogens is 3. The number of aromatic amines is 1. The summed E-state index contributed by atoms with van der Waals surface area (Å²) < 4.78 is 0.698. The molecule has 5 nitrogen and oxygen atoms in total. The number of phenols is 1. The Labute approximate surface area is 107 Å². The maximum Gasteiger partial charge on any atom is 0.141 e. The first kappa shape index (κ1) is 12.1. The van der Waals surface area contributed by atoms with E-state index < -0.39 is 0 Å². The second kappa shape index (κ2) is 5.29. The Morgan fingerprint density at radius 1 is 1.53 bits per heavy atom. The van der Waals surface area contributed by atoms with E-state index in [2.05, 4.69) is 36.4 Å². The van der Waals surface area contributed by atoms with E-state index >= 15 is 0 Å². The molecule has 0 spiro atoms. The highest BCUT2D eigenvalue weighted by atomic mass is 79.9. The standard InChI is InChI=1S/C11H13BrN4O/c1-7(11-14-6-15-16-11)13-5-8-3-2-4-9(12)10(8)17/h2-4,6-7,13,17H,5H2,1H3,(H,14,15,16). The first-order valence-electron chi connectivity index (χ1n) is 5.23. The number of benzene rings is 1. The molecule has 3 N–H and O–H groups in total. The second-order valence-corrected chi connectivity index (χ2v) is 4.58. The number of para-hydroxylation sites is 1. The highest BCUT2D eigenvalue weighted by molar-refractivity contribution is 9.10. The summed E-state index contributed by atoms with van der Waals surface area (Å²) in [4.78, 5) is 4.07. The lowest BCUT2D eigenvalue weighted by Gasteiger charge is -2.12. The zero-order valence-electron chi connectivity index (χ0n) is 9.31. The van der Waals surface area contributed by atoms with Gasteiger partial charge in [-0.1, -0.05) is 12.1 Å². The van der Waals surface area contributed by atoms with Crippen molar-refractivity contribution in [1.82, 2.24) is 20.5 Å². The van der Waals surface area contributed by atoms with Crippen molar-refractivity contribution in [2.45, 2.75) is 19.5 Å². The van der Waals surface area contributed by atoms with Crippen LogP contribution in [0.15, 0.2) is 29.0 Å². The first-order chi connectivity index (χ1) is 8.18. The summed E-state index contributed by atoms with van der Waals surface area (Å²) in [5, 5.41) is 19.7. The number of halogens is 1. The molecule has 17 heavy (non-hydrogen) atoms. The van der Waals surface area contributed by atoms with Gasteiger partial charge in [-0.05, 0) is 28.9 Å². The van der Waals surface area contributed by atoms with Crippen LogP contribution in [0.4, 0.5) is 0 Å². The summed E-state index contributed by atoms with van der Waals surface area (Å²) in [7, 11) is 0. The molecule has 0 aliphatic rings. The van der Waals surface area contributed by atoms with Gasteiger partial charge in [0.2, 0.25) is 0 Å². The molecule has 2 aromatic rings. The fourth-order valence-corrected chi connectivity index (χ4v) is 1.89. The van der Waals surface area contributed by atoms with Crippen LogP contribution in [0.2, 0.25) is 0 Å². The summed E-state index contributed by atoms with van der Waals surface area (Å²) in [6.45, 7) is 2.54. The first-order valence-corrected chi connectivity index (χ1v) is 6.03. The molecule has 6 heteroatoms. The van der Waals surface area contributed by atoms with Crippen LogP contribution in [0, 0.1) is 0 Å². The Bertz CT molecular complexity index is 486. The van der Waals surface area contributed by atoms with Gasteiger partial charge in [-0.2, -0.15) is 5.10 Å². The van der Waals surface area contributed by atoms with Gasteiger partial charge in [0.1, 0.15) is 17.9 Å². The normalized spacial score (nSPS) is 12.6. The summed E-state index contributed by atoms with van der Waals surface area (Å²) in [6.07, 6.45) is 1.48. The number of rotatable bonds is 4. The Morgan fingerprint density at radius 2 is 2.35 bits per heavy atom. The molecular weight excluding hydrogens is 284 g/mol. The van der Waals surface area contributed by atoms with Gasteiger partial charge in [-0.25, -0.2) is 4.98 Å². The number of H-pyrrole nitrogens is 1. The molecule has 90 valence electrons. The van der Waals surface area contributed by atoms with Crippen molar-refractivity contribution in [2.24, 2.45) is 0 Å². The zero-order chi connectivity index (χ0) is 12.3. The van der Waals surface area contributed by atoms with E-state index in [9.17, 15) is 5.11 Å². The minimum Gasteiger partial charge on any atom is -0.506 e. The van der Waals surface area contributed by atoms with Gasteiger partial charge in [0, 0.05) is 12.1 Å². The monoisotopic (exact) mass is 296 g/mol. The SMILES string of the molecule is CC(NCc1cccc(Br)c1O)c1ncn[nH]1. The number of hydrogen-bond donors (Lipinski definition) is 3. The Hall–Kier alpha value is -1.40. The maximum atomic E-state index is 9.82. The fraction of sp³-hybridized carbons (Fsp3) is 0.273. The van der Waals surface area contributed by atoms with Gasteiger partial charge in [0.25, 0.3) is 0 Å². The molecule has 2 rings (SSSR count). The van der Waals surface area contributed by atoms with Crippen molar-refractivity contribution in [1.29, 1.82) is 0 Å². The molecular formula is C11H13BrN4O. The van der Waals surface area contributed by atoms with E-state index in [0.717, 1.165) is 11.4 Å². The molecule has 1 aromatic carbocycles. The minimum atomic E-state index is 0.0517. The maximum absolute atomic E-state index is 9.82. The molecule has 0 aliphatic carbocycles. The Morgan fingerprint density at radius 3 is 3.06 bits per heavy atom. The molecule has 0 fully saturated rings. The van der Waals surface area contributed by atoms with Crippen molar-refractivity contribution in [2.75, 3.05) is 0 Å². The van der Waals surface area contributed by atoms with Crippen LogP contribution < -0.4 is 5.32 Å². The Balaban J connectivity index is 2.00. The molecule has 0 saturated heterocycles. The lowest BCUT2D eigenvalue weighted by atomic mass is 10.2. The van der Waals surface area contributed by atoms with E-state index in [4.69, 9.17) is 0 Å². The smallest absolute Gasteiger partial charge is 0.141 e. The van der Waals surface area contributed by atoms with Crippen molar-refractivity contribution in [3.63, 3.8) is 0 Å². The third-order valence-corrected chi connectivity index (χ3v) is 3.15. The number of aromatic hydroxyl groups is 1. The molecule has 1 heterocycles. The topological polar surface area (TPSA) is 73.8 Å². The second-order valence-electron chi connectivity index (χ2n) is 3.72. The molecule has 0 bridgehead atoms. The summed E-state index contributed by atoms with van der Waals surface area (Å²) in [5.41, 5.74) is 0.839. The van der Waals surface area contributed by atoms with Crippen LogP contribution in [-0.4, -0.2) is 20.3 Å². The molecule has 1 atom stereocenters. The van der Waals surface area contributed by atoms with Crippen molar-refractivity contribution in [3.05, 3.63) is 40.4 Å². The molecule has 0 saturated carbocycles. The quantitative estimate of drug-likeness (QED) is 0.808. The van der Waals surface area contributed by atoms with Gasteiger partial charge < -0.3 is 10.4 Å². The van der Waals surface area contributed by atoms with Crippen molar-refractivity contribution < 1.29 is 5.11 Å². The van der Waals surface area contributed by atoms with Crippen LogP contribution >= 0.6 is 15.9 Å². The average Bonchev–Trinajstić information content (AvgIpc) is 2.84. The summed E-state index contributed by atoms with van der Waals surface area (Å²) in [6, 6.07) is 5.62. The van der Waals surface area contributed by atoms with Crippen LogP contribution in [0.3, 0.4) is 0 Å². The fourth-order valence-electron chi connectivity index (χ4n) is 1.49. The predicted octanol–water partition coefficient (Wildman–Crippen LogP) is 2.12. The molecule has 1 aromatic heterocycles. The Kier molecular flexibility index (Phi) is 3.75. The number of hydrogen-bond acceptors (Lipinski definition) is 4. The van der Waals surface area contributed by atoms with Gasteiger partial charge >= 0.3 is 0 Å². The van der Waals surface area contributed by atoms with E-state index in [1.807, 2.05) is 19.1 Å². The van der Waals surface area contributed by atoms with E-state index in [1.165, 1.54) is 6.33 Å². The summed E-state index contributed by atoms with van der Waals surface area (Å²) >= 11 is 3.29. The average molecular weight is 297 g/mol. The highest BCUT2D eigenvalue weighted by Gasteiger charge is 2.09. The van der Waals surface area contributed by atoms with Crippen molar-refractivity contribution >= 4 is 15.9 Å². The lowest BCUT2D eigenvalue weighted by molar-refractivity contribution is 0.455. The molecule has 0 amide bonds. The summed E-state index contributed by atoms with van der Waals surface area (Å²) in [5.74, 6) is 1.05. The van der Waals surface area contributed by atoms with Gasteiger partial charge in [-0.15, -0.1) is 0 Å². The third kappa shape index (κ3) is 2.83. The molecule has 1 unspecified atom stereocenters. The zero-order valence-corrected chi connectivity index (χ0v) is 10.9. The van der Waals surface area contributed by atoms with Gasteiger partial charge in [0.15, 0.2) is 0 Å². The largest absolute Gasteiger partial charge is 0.506 e. The van der Waals surface area contributed by atoms with Gasteiger partial charge in [0.05, 0.1) is 10.5 Å². The van der Waals surface area contributed by atoms with Crippen LogP contribution in [0.1, 0.15) is 24.4 Å². The van der Waals surface area contributed by atoms with Crippen LogP contribution in [-0.2, 0) is 6.54 Å². The van der Waals surface area contributed by atoms with E-state index in [1.54, 1.807) is 6.07 Å². The van der Waals surface area contributed by atoms with Crippen molar-refractivity contribution in [3.8, 4) is 5.75 Å². The molecule has 0 aliphatic heterocycles. The molecule has 0 radical (unpaired) electrons. The van der Waals surface area contributed by atoms with E-state index in [0.29, 0.717) is 11.0 Å². The number of nitrogens with zero attached hydrogens (tertiary/aromatic N) is 2.